The second-order valence-electron chi connectivity index (χ2n) is 3.14. The van der Waals surface area contributed by atoms with Crippen LogP contribution in [0.25, 0.3) is 10.9 Å². The van der Waals surface area contributed by atoms with Crippen LogP contribution in [0.15, 0.2) is 23.0 Å². The van der Waals surface area contributed by atoms with E-state index < -0.39 is 11.4 Å². The highest BCUT2D eigenvalue weighted by molar-refractivity contribution is 5.94. The molecule has 0 aliphatic rings. The fraction of sp³-hybridized carbons (Fsp3) is 0.100. The van der Waals surface area contributed by atoms with Gasteiger partial charge in [-0.3, -0.25) is 4.79 Å². The highest BCUT2D eigenvalue weighted by atomic mass is 19.1. The molecule has 0 radical (unpaired) electrons. The molecule has 2 rings (SSSR count). The van der Waals surface area contributed by atoms with E-state index in [0.29, 0.717) is 11.2 Å². The number of aromatic amines is 1. The summed E-state index contributed by atoms with van der Waals surface area (Å²) in [5.74, 6) is -0.709. The normalized spacial score (nSPS) is 10.5. The van der Waals surface area contributed by atoms with Gasteiger partial charge in [-0.2, -0.15) is 0 Å². The van der Waals surface area contributed by atoms with Crippen LogP contribution in [0.4, 0.5) is 10.1 Å². The van der Waals surface area contributed by atoms with Crippen LogP contribution < -0.4 is 10.9 Å². The van der Waals surface area contributed by atoms with E-state index in [0.717, 1.165) is 6.07 Å². The SMILES string of the molecule is CNc1cc(F)cc2c(O)cc(=O)[nH]c12. The number of aromatic nitrogens is 1. The number of nitrogens with one attached hydrogen (secondary N) is 2. The molecular formula is C10H9FN2O2. The number of hydrogen-bond donors (Lipinski definition) is 3. The van der Waals surface area contributed by atoms with Crippen LogP contribution in [0.2, 0.25) is 0 Å². The molecule has 5 heteroatoms. The molecule has 0 fully saturated rings. The van der Waals surface area contributed by atoms with Crippen LogP contribution >= 0.6 is 0 Å². The first-order valence-electron chi connectivity index (χ1n) is 4.35. The molecule has 0 aliphatic carbocycles. The highest BCUT2D eigenvalue weighted by Gasteiger charge is 2.08. The third-order valence-electron chi connectivity index (χ3n) is 2.16. The van der Waals surface area contributed by atoms with E-state index in [1.165, 1.54) is 12.1 Å². The maximum Gasteiger partial charge on any atom is 0.252 e. The fourth-order valence-electron chi connectivity index (χ4n) is 1.50. The van der Waals surface area contributed by atoms with Crippen molar-refractivity contribution in [3.63, 3.8) is 0 Å². The standard InChI is InChI=1S/C10H9FN2O2/c1-12-7-3-5(11)2-6-8(14)4-9(15)13-10(6)7/h2-4,12H,1H3,(H2,13,14,15). The van der Waals surface area contributed by atoms with E-state index in [9.17, 15) is 14.3 Å². The Bertz CT molecular complexity index is 577. The van der Waals surface area contributed by atoms with E-state index in [2.05, 4.69) is 10.3 Å². The molecule has 0 unspecified atom stereocenters. The predicted octanol–water partition coefficient (Wildman–Crippen LogP) is 1.41. The summed E-state index contributed by atoms with van der Waals surface area (Å²) >= 11 is 0. The average Bonchev–Trinajstić information content (AvgIpc) is 2.18. The molecule has 2 aromatic rings. The summed E-state index contributed by atoms with van der Waals surface area (Å²) in [6.45, 7) is 0. The summed E-state index contributed by atoms with van der Waals surface area (Å²) in [4.78, 5) is 13.7. The number of aromatic hydroxyl groups is 1. The molecule has 15 heavy (non-hydrogen) atoms. The van der Waals surface area contributed by atoms with E-state index in [1.807, 2.05) is 0 Å². The lowest BCUT2D eigenvalue weighted by atomic mass is 10.1. The number of benzene rings is 1. The Morgan fingerprint density at radius 3 is 2.80 bits per heavy atom. The van der Waals surface area contributed by atoms with E-state index in [-0.39, 0.29) is 11.1 Å². The Balaban J connectivity index is 2.96. The van der Waals surface area contributed by atoms with Gasteiger partial charge in [0.2, 0.25) is 0 Å². The van der Waals surface area contributed by atoms with Crippen molar-refractivity contribution in [1.29, 1.82) is 0 Å². The van der Waals surface area contributed by atoms with Gasteiger partial charge in [0.25, 0.3) is 5.56 Å². The summed E-state index contributed by atoms with van der Waals surface area (Å²) < 4.78 is 13.1. The minimum Gasteiger partial charge on any atom is -0.507 e. The maximum absolute atomic E-state index is 13.1. The molecule has 0 amide bonds. The molecular weight excluding hydrogens is 199 g/mol. The third-order valence-corrected chi connectivity index (χ3v) is 2.16. The molecule has 1 heterocycles. The van der Waals surface area contributed by atoms with Crippen molar-refractivity contribution in [2.45, 2.75) is 0 Å². The van der Waals surface area contributed by atoms with Crippen molar-refractivity contribution in [2.24, 2.45) is 0 Å². The molecule has 0 aliphatic heterocycles. The first-order valence-corrected chi connectivity index (χ1v) is 4.35. The zero-order chi connectivity index (χ0) is 11.0. The Hall–Kier alpha value is -2.04. The van der Waals surface area contributed by atoms with Crippen LogP contribution in [0.5, 0.6) is 5.75 Å². The van der Waals surface area contributed by atoms with Crippen molar-refractivity contribution in [1.82, 2.24) is 4.98 Å². The van der Waals surface area contributed by atoms with Gasteiger partial charge in [0.15, 0.2) is 0 Å². The average molecular weight is 208 g/mol. The second-order valence-corrected chi connectivity index (χ2v) is 3.14. The van der Waals surface area contributed by atoms with Crippen LogP contribution in [0.1, 0.15) is 0 Å². The number of rotatable bonds is 1. The van der Waals surface area contributed by atoms with Crippen molar-refractivity contribution < 1.29 is 9.50 Å². The number of fused-ring (bicyclic) bond motifs is 1. The highest BCUT2D eigenvalue weighted by Crippen LogP contribution is 2.27. The smallest absolute Gasteiger partial charge is 0.252 e. The molecule has 1 aromatic carbocycles. The van der Waals surface area contributed by atoms with Gasteiger partial charge in [-0.25, -0.2) is 4.39 Å². The number of pyridine rings is 1. The van der Waals surface area contributed by atoms with Gasteiger partial charge in [0, 0.05) is 18.5 Å². The molecule has 1 aromatic heterocycles. The first kappa shape index (κ1) is 9.51. The maximum atomic E-state index is 13.1. The first-order chi connectivity index (χ1) is 7.11. The zero-order valence-electron chi connectivity index (χ0n) is 7.97. The number of hydrogen-bond acceptors (Lipinski definition) is 3. The summed E-state index contributed by atoms with van der Waals surface area (Å²) in [6, 6.07) is 3.43. The van der Waals surface area contributed by atoms with Crippen molar-refractivity contribution >= 4 is 16.6 Å². The van der Waals surface area contributed by atoms with Gasteiger partial charge in [-0.15, -0.1) is 0 Å². The molecule has 3 N–H and O–H groups in total. The third kappa shape index (κ3) is 1.52. The van der Waals surface area contributed by atoms with Gasteiger partial charge in [-0.05, 0) is 12.1 Å². The minimum atomic E-state index is -0.478. The lowest BCUT2D eigenvalue weighted by molar-refractivity contribution is 0.480. The Kier molecular flexibility index (Phi) is 2.07. The summed E-state index contributed by atoms with van der Waals surface area (Å²) in [6.07, 6.45) is 0. The molecule has 0 bridgehead atoms. The van der Waals surface area contributed by atoms with Crippen LogP contribution in [-0.2, 0) is 0 Å². The fourth-order valence-corrected chi connectivity index (χ4v) is 1.50. The lowest BCUT2D eigenvalue weighted by Crippen LogP contribution is -2.05. The monoisotopic (exact) mass is 208 g/mol. The van der Waals surface area contributed by atoms with Crippen molar-refractivity contribution in [3.8, 4) is 5.75 Å². The Morgan fingerprint density at radius 1 is 1.40 bits per heavy atom. The number of halogens is 1. The summed E-state index contributed by atoms with van der Waals surface area (Å²) in [7, 11) is 1.61. The molecule has 78 valence electrons. The largest absolute Gasteiger partial charge is 0.507 e. The number of anilines is 1. The quantitative estimate of drug-likeness (QED) is 0.664. The van der Waals surface area contributed by atoms with E-state index in [4.69, 9.17) is 0 Å². The predicted molar refractivity (Wildman–Crippen MR) is 55.7 cm³/mol. The Morgan fingerprint density at radius 2 is 2.13 bits per heavy atom. The summed E-state index contributed by atoms with van der Waals surface area (Å²) in [5, 5.41) is 12.5. The Labute approximate surface area is 84.4 Å². The molecule has 0 spiro atoms. The van der Waals surface area contributed by atoms with Crippen molar-refractivity contribution in [3.05, 3.63) is 34.4 Å². The van der Waals surface area contributed by atoms with E-state index >= 15 is 0 Å². The topological polar surface area (TPSA) is 65.1 Å². The molecule has 4 nitrogen and oxygen atoms in total. The van der Waals surface area contributed by atoms with Gasteiger partial charge in [0.1, 0.15) is 11.6 Å². The van der Waals surface area contributed by atoms with E-state index in [1.54, 1.807) is 7.05 Å². The summed E-state index contributed by atoms with van der Waals surface area (Å²) in [5.41, 5.74) is 0.394. The van der Waals surface area contributed by atoms with Crippen LogP contribution in [-0.4, -0.2) is 17.1 Å². The molecule has 0 saturated heterocycles. The zero-order valence-corrected chi connectivity index (χ0v) is 7.97. The van der Waals surface area contributed by atoms with Gasteiger partial charge < -0.3 is 15.4 Å². The minimum absolute atomic E-state index is 0.232. The van der Waals surface area contributed by atoms with Crippen LogP contribution in [0.3, 0.4) is 0 Å². The lowest BCUT2D eigenvalue weighted by Gasteiger charge is -2.06. The molecule has 0 saturated carbocycles. The van der Waals surface area contributed by atoms with Gasteiger partial charge >= 0.3 is 0 Å². The second kappa shape index (κ2) is 3.27. The van der Waals surface area contributed by atoms with Crippen molar-refractivity contribution in [2.75, 3.05) is 12.4 Å². The molecule has 0 atom stereocenters. The van der Waals surface area contributed by atoms with Gasteiger partial charge in [-0.1, -0.05) is 0 Å². The van der Waals surface area contributed by atoms with Gasteiger partial charge in [0.05, 0.1) is 11.2 Å². The van der Waals surface area contributed by atoms with Crippen LogP contribution in [0, 0.1) is 5.82 Å². The number of H-pyrrole nitrogens is 1.